The molecule has 9 heteroatoms. The molecular weight excluding hydrogens is 490 g/mol. The lowest BCUT2D eigenvalue weighted by Gasteiger charge is -2.34. The Balaban J connectivity index is 1.17. The van der Waals surface area contributed by atoms with Crippen LogP contribution in [-0.4, -0.2) is 42.5 Å². The quantitative estimate of drug-likeness (QED) is 0.489. The van der Waals surface area contributed by atoms with Crippen molar-refractivity contribution in [2.45, 2.75) is 32.4 Å². The number of hydrogen-bond acceptors (Lipinski definition) is 7. The highest BCUT2D eigenvalue weighted by Crippen LogP contribution is 2.38. The van der Waals surface area contributed by atoms with Gasteiger partial charge in [0.15, 0.2) is 11.5 Å². The lowest BCUT2D eigenvalue weighted by molar-refractivity contribution is -0.125. The summed E-state index contributed by atoms with van der Waals surface area (Å²) in [5, 5.41) is 4.99. The summed E-state index contributed by atoms with van der Waals surface area (Å²) in [4.78, 5) is 44.3. The molecule has 0 unspecified atom stereocenters. The summed E-state index contributed by atoms with van der Waals surface area (Å²) in [6, 6.07) is 14.6. The van der Waals surface area contributed by atoms with Crippen LogP contribution >= 0.6 is 11.3 Å². The molecule has 0 spiro atoms. The van der Waals surface area contributed by atoms with Crippen LogP contribution in [0.3, 0.4) is 0 Å². The van der Waals surface area contributed by atoms with Gasteiger partial charge >= 0.3 is 0 Å². The van der Waals surface area contributed by atoms with Gasteiger partial charge in [-0.25, -0.2) is 0 Å². The second-order valence-electron chi connectivity index (χ2n) is 9.56. The number of amides is 3. The van der Waals surface area contributed by atoms with Crippen molar-refractivity contribution >= 4 is 34.7 Å². The minimum Gasteiger partial charge on any atom is -0.454 e. The number of benzene rings is 2. The van der Waals surface area contributed by atoms with E-state index in [0.717, 1.165) is 35.5 Å². The molecule has 0 radical (unpaired) electrons. The molecule has 4 heterocycles. The lowest BCUT2D eigenvalue weighted by Crippen LogP contribution is -2.43. The van der Waals surface area contributed by atoms with Crippen molar-refractivity contribution in [2.75, 3.05) is 24.8 Å². The number of nitrogens with one attached hydrogen (secondary N) is 1. The van der Waals surface area contributed by atoms with E-state index in [1.165, 1.54) is 16.2 Å². The molecule has 37 heavy (non-hydrogen) atoms. The summed E-state index contributed by atoms with van der Waals surface area (Å²) in [5.41, 5.74) is 2.54. The number of carbonyl (C=O) groups excluding carboxylic acids is 3. The summed E-state index contributed by atoms with van der Waals surface area (Å²) in [7, 11) is 0. The fourth-order valence-electron chi connectivity index (χ4n) is 5.35. The second kappa shape index (κ2) is 9.55. The predicted octanol–water partition coefficient (Wildman–Crippen LogP) is 4.37. The van der Waals surface area contributed by atoms with Crippen LogP contribution in [0, 0.1) is 5.92 Å². The first-order valence-electron chi connectivity index (χ1n) is 12.5. The van der Waals surface area contributed by atoms with Crippen molar-refractivity contribution < 1.29 is 23.9 Å². The van der Waals surface area contributed by atoms with Crippen molar-refractivity contribution in [2.24, 2.45) is 5.92 Å². The maximum absolute atomic E-state index is 13.5. The number of piperidine rings is 1. The van der Waals surface area contributed by atoms with Crippen LogP contribution in [0.4, 0.5) is 5.69 Å². The average molecular weight is 518 g/mol. The number of rotatable bonds is 6. The maximum atomic E-state index is 13.5. The van der Waals surface area contributed by atoms with E-state index in [1.807, 2.05) is 54.8 Å². The molecule has 8 nitrogen and oxygen atoms in total. The van der Waals surface area contributed by atoms with Crippen molar-refractivity contribution in [3.05, 3.63) is 75.5 Å². The highest BCUT2D eigenvalue weighted by molar-refractivity contribution is 7.10. The van der Waals surface area contributed by atoms with Gasteiger partial charge in [0.25, 0.3) is 11.8 Å². The third-order valence-electron chi connectivity index (χ3n) is 7.30. The van der Waals surface area contributed by atoms with Gasteiger partial charge in [0.05, 0.1) is 28.8 Å². The Labute approximate surface area is 218 Å². The molecule has 6 rings (SSSR count). The summed E-state index contributed by atoms with van der Waals surface area (Å²) in [5.74, 6) is 0.626. The maximum Gasteiger partial charge on any atom is 0.264 e. The normalized spacial score (nSPS) is 19.2. The van der Waals surface area contributed by atoms with E-state index in [-0.39, 0.29) is 36.5 Å². The fourth-order valence-corrected chi connectivity index (χ4v) is 6.13. The number of hydrogen-bond donors (Lipinski definition) is 1. The third kappa shape index (κ3) is 4.23. The number of ether oxygens (including phenoxy) is 2. The molecule has 1 fully saturated rings. The summed E-state index contributed by atoms with van der Waals surface area (Å²) in [6.45, 7) is 3.71. The zero-order valence-corrected chi connectivity index (χ0v) is 21.3. The van der Waals surface area contributed by atoms with Gasteiger partial charge < -0.3 is 19.7 Å². The van der Waals surface area contributed by atoms with Crippen LogP contribution in [0.2, 0.25) is 0 Å². The zero-order chi connectivity index (χ0) is 25.5. The van der Waals surface area contributed by atoms with E-state index in [4.69, 9.17) is 9.47 Å². The topological polar surface area (TPSA) is 88.2 Å². The molecule has 0 bridgehead atoms. The Morgan fingerprint density at radius 2 is 1.97 bits per heavy atom. The summed E-state index contributed by atoms with van der Waals surface area (Å²) in [6.07, 6.45) is 1.59. The van der Waals surface area contributed by atoms with Crippen molar-refractivity contribution in [1.29, 1.82) is 0 Å². The number of carbonyl (C=O) groups is 3. The number of nitrogens with zero attached hydrogens (tertiary/aromatic N) is 2. The van der Waals surface area contributed by atoms with E-state index < -0.39 is 0 Å². The Morgan fingerprint density at radius 1 is 1.11 bits per heavy atom. The van der Waals surface area contributed by atoms with E-state index >= 15 is 0 Å². The smallest absolute Gasteiger partial charge is 0.264 e. The molecule has 1 N–H and O–H groups in total. The van der Waals surface area contributed by atoms with Crippen LogP contribution in [0.1, 0.15) is 57.0 Å². The van der Waals surface area contributed by atoms with Gasteiger partial charge in [-0.15, -0.1) is 11.3 Å². The molecule has 3 aromatic rings. The highest BCUT2D eigenvalue weighted by Gasteiger charge is 2.42. The van der Waals surface area contributed by atoms with Crippen molar-refractivity contribution in [1.82, 2.24) is 10.2 Å². The van der Waals surface area contributed by atoms with Crippen molar-refractivity contribution in [3.63, 3.8) is 0 Å². The van der Waals surface area contributed by atoms with Crippen LogP contribution in [0.25, 0.3) is 0 Å². The molecule has 3 aliphatic rings. The fraction of sp³-hybridized carbons (Fsp3) is 0.321. The molecule has 0 aliphatic carbocycles. The molecule has 2 atom stereocenters. The molecule has 3 amide bonds. The minimum absolute atomic E-state index is 0.0229. The Bertz CT molecular complexity index is 1370. The van der Waals surface area contributed by atoms with E-state index in [0.29, 0.717) is 35.7 Å². The molecule has 1 saturated heterocycles. The first-order chi connectivity index (χ1) is 18.0. The largest absolute Gasteiger partial charge is 0.454 e. The van der Waals surface area contributed by atoms with Crippen LogP contribution in [0.5, 0.6) is 11.5 Å². The zero-order valence-electron chi connectivity index (χ0n) is 20.4. The average Bonchev–Trinajstić information content (AvgIpc) is 3.67. The monoisotopic (exact) mass is 517 g/mol. The molecule has 2 aromatic carbocycles. The number of anilines is 1. The van der Waals surface area contributed by atoms with Crippen LogP contribution in [-0.2, 0) is 11.3 Å². The van der Waals surface area contributed by atoms with Gasteiger partial charge in [0, 0.05) is 24.5 Å². The Kier molecular flexibility index (Phi) is 6.08. The van der Waals surface area contributed by atoms with Crippen molar-refractivity contribution in [3.8, 4) is 11.5 Å². The second-order valence-corrected chi connectivity index (χ2v) is 10.5. The first kappa shape index (κ1) is 23.5. The Hall–Kier alpha value is -3.85. The van der Waals surface area contributed by atoms with Gasteiger partial charge in [-0.1, -0.05) is 18.2 Å². The predicted molar refractivity (Wildman–Crippen MR) is 139 cm³/mol. The molecular formula is C28H27N3O5S. The van der Waals surface area contributed by atoms with Gasteiger partial charge in [0.2, 0.25) is 12.7 Å². The molecule has 3 aliphatic heterocycles. The SMILES string of the molecule is C[C@@H](c1cccs1)N1C(=O)c2cccc(N3CCC[C@H](C(=O)NCc4ccc5c(c4)OCO5)C3)c2C1=O. The van der Waals surface area contributed by atoms with Crippen LogP contribution in [0.15, 0.2) is 53.9 Å². The van der Waals surface area contributed by atoms with Gasteiger partial charge in [-0.3, -0.25) is 19.3 Å². The van der Waals surface area contributed by atoms with E-state index in [1.54, 1.807) is 6.07 Å². The number of fused-ring (bicyclic) bond motifs is 2. The van der Waals surface area contributed by atoms with Gasteiger partial charge in [-0.05, 0) is 61.0 Å². The first-order valence-corrected chi connectivity index (χ1v) is 13.3. The van der Waals surface area contributed by atoms with Gasteiger partial charge in [0.1, 0.15) is 0 Å². The van der Waals surface area contributed by atoms with E-state index in [2.05, 4.69) is 10.2 Å². The van der Waals surface area contributed by atoms with Crippen LogP contribution < -0.4 is 19.7 Å². The molecule has 0 saturated carbocycles. The summed E-state index contributed by atoms with van der Waals surface area (Å²) < 4.78 is 10.8. The third-order valence-corrected chi connectivity index (χ3v) is 8.35. The standard InChI is InChI=1S/C28H27N3O5S/c1-17(24-8-4-12-37-24)31-27(33)20-6-2-7-21(25(20)28(31)34)30-11-3-5-19(15-30)26(32)29-14-18-9-10-22-23(13-18)36-16-35-22/h2,4,6-10,12-13,17,19H,3,5,11,14-16H2,1H3,(H,29,32)/t17-,19-/m0/s1. The molecule has 1 aromatic heterocycles. The Morgan fingerprint density at radius 3 is 2.81 bits per heavy atom. The lowest BCUT2D eigenvalue weighted by atomic mass is 9.95. The number of imide groups is 1. The summed E-state index contributed by atoms with van der Waals surface area (Å²) >= 11 is 1.53. The van der Waals surface area contributed by atoms with Gasteiger partial charge in [-0.2, -0.15) is 0 Å². The highest BCUT2D eigenvalue weighted by atomic mass is 32.1. The molecule has 190 valence electrons. The van der Waals surface area contributed by atoms with E-state index in [9.17, 15) is 14.4 Å². The minimum atomic E-state index is -0.337. The number of thiophene rings is 1.